The highest BCUT2D eigenvalue weighted by atomic mass is 15.3. The number of anilines is 3. The van der Waals surface area contributed by atoms with Crippen LogP contribution in [0.25, 0.3) is 21.8 Å². The van der Waals surface area contributed by atoms with E-state index in [1.54, 1.807) is 0 Å². The quantitative estimate of drug-likeness (QED) is 0.271. The Hall–Kier alpha value is -3.72. The van der Waals surface area contributed by atoms with E-state index in [0.29, 0.717) is 5.92 Å². The minimum atomic E-state index is -0.0583. The monoisotopic (exact) mass is 457 g/mol. The lowest BCUT2D eigenvalue weighted by molar-refractivity contribution is 0.632. The third kappa shape index (κ3) is 2.91. The van der Waals surface area contributed by atoms with Gasteiger partial charge < -0.3 is 10.7 Å². The predicted octanol–water partition coefficient (Wildman–Crippen LogP) is 8.28. The number of hydrogen-bond acceptors (Lipinski definition) is 2. The van der Waals surface area contributed by atoms with E-state index in [0.717, 1.165) is 11.0 Å². The van der Waals surface area contributed by atoms with Crippen molar-refractivity contribution in [2.75, 3.05) is 10.7 Å². The van der Waals surface area contributed by atoms with Crippen molar-refractivity contribution in [2.24, 2.45) is 0 Å². The van der Waals surface area contributed by atoms with Crippen LogP contribution in [0.5, 0.6) is 0 Å². The number of nitrogens with two attached hydrogens (primary N) is 1. The maximum atomic E-state index is 6.60. The van der Waals surface area contributed by atoms with Gasteiger partial charge in [-0.3, -0.25) is 4.68 Å². The van der Waals surface area contributed by atoms with Crippen molar-refractivity contribution in [3.05, 3.63) is 102 Å². The summed E-state index contributed by atoms with van der Waals surface area (Å²) in [5, 5.41) is 2.48. The Morgan fingerprint density at radius 3 is 1.94 bits per heavy atom. The Labute approximate surface area is 206 Å². The van der Waals surface area contributed by atoms with Crippen molar-refractivity contribution in [1.82, 2.24) is 4.68 Å². The first kappa shape index (κ1) is 20.6. The third-order valence-electron chi connectivity index (χ3n) is 8.53. The second-order valence-corrected chi connectivity index (χ2v) is 10.8. The van der Waals surface area contributed by atoms with E-state index in [2.05, 4.69) is 104 Å². The Balaban J connectivity index is 1.47. The number of benzene rings is 4. The minimum Gasteiger partial charge on any atom is -0.339 e. The van der Waals surface area contributed by atoms with Crippen molar-refractivity contribution < 1.29 is 0 Å². The molecule has 7 rings (SSSR count). The highest BCUT2D eigenvalue weighted by Gasteiger charge is 2.36. The van der Waals surface area contributed by atoms with Gasteiger partial charge in [0.2, 0.25) is 0 Å². The zero-order valence-corrected chi connectivity index (χ0v) is 20.5. The number of aromatic nitrogens is 1. The van der Waals surface area contributed by atoms with Gasteiger partial charge in [-0.2, -0.15) is 0 Å². The first-order chi connectivity index (χ1) is 17.0. The lowest BCUT2D eigenvalue weighted by Crippen LogP contribution is -2.30. The number of para-hydroxylation sites is 2. The van der Waals surface area contributed by atoms with E-state index in [1.807, 2.05) is 4.68 Å². The fraction of sp³-hybridized carbons (Fsp3) is 0.250. The molecule has 0 spiro atoms. The molecule has 0 amide bonds. The second kappa shape index (κ2) is 7.39. The second-order valence-electron chi connectivity index (χ2n) is 10.8. The van der Waals surface area contributed by atoms with Gasteiger partial charge in [-0.25, -0.2) is 0 Å². The number of nitrogens with zero attached hydrogens (tertiary/aromatic N) is 2. The molecule has 2 aliphatic rings. The maximum absolute atomic E-state index is 6.60. The molecule has 1 saturated carbocycles. The van der Waals surface area contributed by atoms with Gasteiger partial charge in [0.05, 0.1) is 22.4 Å². The van der Waals surface area contributed by atoms with Gasteiger partial charge >= 0.3 is 0 Å². The Morgan fingerprint density at radius 1 is 0.714 bits per heavy atom. The van der Waals surface area contributed by atoms with Crippen LogP contribution in [0, 0.1) is 0 Å². The Kier molecular flexibility index (Phi) is 4.36. The number of fused-ring (bicyclic) bond motifs is 5. The molecule has 1 aromatic heterocycles. The summed E-state index contributed by atoms with van der Waals surface area (Å²) in [6, 6.07) is 31.3. The molecule has 1 fully saturated rings. The van der Waals surface area contributed by atoms with Crippen LogP contribution in [-0.2, 0) is 5.41 Å². The van der Waals surface area contributed by atoms with Gasteiger partial charge in [-0.1, -0.05) is 69.2 Å². The largest absolute Gasteiger partial charge is 0.339 e. The summed E-state index contributed by atoms with van der Waals surface area (Å²) in [6.07, 6.45) is 5.29. The van der Waals surface area contributed by atoms with Crippen molar-refractivity contribution in [1.29, 1.82) is 0 Å². The van der Waals surface area contributed by atoms with E-state index in [4.69, 9.17) is 5.84 Å². The molecule has 3 heteroatoms. The minimum absolute atomic E-state index is 0.0583. The fourth-order valence-electron chi connectivity index (χ4n) is 6.66. The highest BCUT2D eigenvalue weighted by Crippen LogP contribution is 2.52. The van der Waals surface area contributed by atoms with E-state index >= 15 is 0 Å². The first-order valence-electron chi connectivity index (χ1n) is 12.9. The number of hydrogen-bond donors (Lipinski definition) is 1. The summed E-state index contributed by atoms with van der Waals surface area (Å²) in [5.41, 5.74) is 9.95. The molecule has 0 unspecified atom stereocenters. The van der Waals surface area contributed by atoms with Crippen LogP contribution in [0.15, 0.2) is 84.9 Å². The molecule has 5 aromatic rings. The molecule has 0 atom stereocenters. The van der Waals surface area contributed by atoms with Crippen molar-refractivity contribution >= 4 is 38.9 Å². The van der Waals surface area contributed by atoms with Gasteiger partial charge in [0.25, 0.3) is 0 Å². The van der Waals surface area contributed by atoms with Crippen LogP contribution >= 0.6 is 0 Å². The average molecular weight is 458 g/mol. The van der Waals surface area contributed by atoms with Gasteiger partial charge in [0.15, 0.2) is 0 Å². The topological polar surface area (TPSA) is 34.2 Å². The van der Waals surface area contributed by atoms with E-state index < -0.39 is 0 Å². The van der Waals surface area contributed by atoms with E-state index in [9.17, 15) is 0 Å². The molecule has 35 heavy (non-hydrogen) atoms. The molecule has 1 aliphatic carbocycles. The van der Waals surface area contributed by atoms with Crippen molar-refractivity contribution in [3.8, 4) is 0 Å². The normalized spacial score (nSPS) is 17.1. The van der Waals surface area contributed by atoms with Crippen LogP contribution in [0.2, 0.25) is 0 Å². The van der Waals surface area contributed by atoms with Crippen molar-refractivity contribution in [3.63, 3.8) is 0 Å². The van der Waals surface area contributed by atoms with Crippen LogP contribution in [-0.4, -0.2) is 4.68 Å². The summed E-state index contributed by atoms with van der Waals surface area (Å²) in [7, 11) is 0. The summed E-state index contributed by atoms with van der Waals surface area (Å²) in [5.74, 6) is 7.28. The molecule has 2 heterocycles. The zero-order chi connectivity index (χ0) is 23.7. The molecule has 0 bridgehead atoms. The van der Waals surface area contributed by atoms with Crippen LogP contribution in [0.1, 0.15) is 62.1 Å². The van der Waals surface area contributed by atoms with Gasteiger partial charge in [0.1, 0.15) is 0 Å². The molecule has 2 N–H and O–H groups in total. The molecule has 4 aromatic carbocycles. The molecule has 0 saturated heterocycles. The van der Waals surface area contributed by atoms with Crippen molar-refractivity contribution in [2.45, 2.75) is 50.9 Å². The Bertz CT molecular complexity index is 1550. The summed E-state index contributed by atoms with van der Waals surface area (Å²) in [4.78, 5) is 2.43. The van der Waals surface area contributed by atoms with Crippen LogP contribution < -0.4 is 10.7 Å². The van der Waals surface area contributed by atoms with Crippen LogP contribution in [0.4, 0.5) is 17.1 Å². The third-order valence-corrected chi connectivity index (χ3v) is 8.53. The van der Waals surface area contributed by atoms with Gasteiger partial charge in [-0.05, 0) is 77.9 Å². The standard InChI is InChI=1S/C32H31N3/c1-32(2)26-11-5-7-13-30(26)34(31-14-8-6-12-27(31)32)23-16-18-29-25(20-23)24-19-22(21-9-3-4-10-21)15-17-28(24)35(29)33/h5-8,11-21H,3-4,9-10,33H2,1-2H3. The molecular formula is C32H31N3. The predicted molar refractivity (Wildman–Crippen MR) is 148 cm³/mol. The summed E-state index contributed by atoms with van der Waals surface area (Å²) < 4.78 is 1.86. The highest BCUT2D eigenvalue weighted by molar-refractivity contribution is 6.10. The van der Waals surface area contributed by atoms with E-state index in [1.165, 1.54) is 70.2 Å². The lowest BCUT2D eigenvalue weighted by atomic mass is 9.73. The number of rotatable bonds is 2. The van der Waals surface area contributed by atoms with E-state index in [-0.39, 0.29) is 5.41 Å². The van der Waals surface area contributed by atoms with Gasteiger partial charge in [-0.15, -0.1) is 0 Å². The Morgan fingerprint density at radius 2 is 1.29 bits per heavy atom. The molecule has 1 aliphatic heterocycles. The first-order valence-corrected chi connectivity index (χ1v) is 12.9. The average Bonchev–Trinajstić information content (AvgIpc) is 3.52. The zero-order valence-electron chi connectivity index (χ0n) is 20.5. The summed E-state index contributed by atoms with van der Waals surface area (Å²) in [6.45, 7) is 4.66. The molecular weight excluding hydrogens is 426 g/mol. The smallest absolute Gasteiger partial charge is 0.0705 e. The van der Waals surface area contributed by atoms with Crippen LogP contribution in [0.3, 0.4) is 0 Å². The summed E-state index contributed by atoms with van der Waals surface area (Å²) >= 11 is 0. The maximum Gasteiger partial charge on any atom is 0.0705 e. The number of nitrogen functional groups attached to an aromatic ring is 1. The lowest BCUT2D eigenvalue weighted by Gasteiger charge is -2.42. The molecule has 3 nitrogen and oxygen atoms in total. The fourth-order valence-corrected chi connectivity index (χ4v) is 6.66. The SMILES string of the molecule is CC1(C)c2ccccc2N(c2ccc3c(c2)c2cc(C4CCCC4)ccc2n3N)c2ccccc21. The van der Waals surface area contributed by atoms with Gasteiger partial charge in [0, 0.05) is 21.9 Å². The molecule has 0 radical (unpaired) electrons. The molecule has 174 valence electrons.